The fraction of sp³-hybridized carbons (Fsp3) is 0.571. The highest BCUT2D eigenvalue weighted by Gasteiger charge is 2.27. The van der Waals surface area contributed by atoms with Gasteiger partial charge in [-0.15, -0.1) is 0 Å². The van der Waals surface area contributed by atoms with Crippen molar-refractivity contribution in [1.29, 1.82) is 0 Å². The monoisotopic (exact) mass is 315 g/mol. The van der Waals surface area contributed by atoms with Gasteiger partial charge in [0.25, 0.3) is 0 Å². The van der Waals surface area contributed by atoms with Gasteiger partial charge in [0.05, 0.1) is 5.69 Å². The molecular formula is C14H19ClFN3O2. The van der Waals surface area contributed by atoms with E-state index in [-0.39, 0.29) is 11.2 Å². The van der Waals surface area contributed by atoms with Crippen LogP contribution in [0.1, 0.15) is 20.8 Å². The van der Waals surface area contributed by atoms with Crippen molar-refractivity contribution in [3.8, 4) is 0 Å². The zero-order chi connectivity index (χ0) is 15.6. The van der Waals surface area contributed by atoms with Crippen molar-refractivity contribution in [2.75, 3.05) is 31.1 Å². The minimum absolute atomic E-state index is 0.137. The van der Waals surface area contributed by atoms with Gasteiger partial charge in [0.15, 0.2) is 11.0 Å². The number of halogens is 2. The molecule has 1 aliphatic heterocycles. The third-order valence-corrected chi connectivity index (χ3v) is 3.36. The summed E-state index contributed by atoms with van der Waals surface area (Å²) >= 11 is 5.69. The lowest BCUT2D eigenvalue weighted by atomic mass is 10.2. The molecule has 1 aromatic rings. The van der Waals surface area contributed by atoms with Crippen LogP contribution >= 0.6 is 11.6 Å². The summed E-state index contributed by atoms with van der Waals surface area (Å²) in [6.07, 6.45) is 1.14. The molecule has 2 heterocycles. The molecule has 116 valence electrons. The van der Waals surface area contributed by atoms with Gasteiger partial charge in [0, 0.05) is 32.4 Å². The fourth-order valence-corrected chi connectivity index (χ4v) is 2.26. The molecule has 0 bridgehead atoms. The average molecular weight is 316 g/mol. The number of carbonyl (C=O) groups excluding carboxylic acids is 1. The van der Waals surface area contributed by atoms with Gasteiger partial charge >= 0.3 is 6.09 Å². The Morgan fingerprint density at radius 1 is 1.33 bits per heavy atom. The Bertz CT molecular complexity index is 525. The summed E-state index contributed by atoms with van der Waals surface area (Å²) in [7, 11) is 0. The molecule has 1 aliphatic rings. The zero-order valence-corrected chi connectivity index (χ0v) is 13.2. The van der Waals surface area contributed by atoms with Crippen molar-refractivity contribution in [2.45, 2.75) is 26.4 Å². The van der Waals surface area contributed by atoms with Crippen LogP contribution < -0.4 is 4.90 Å². The van der Waals surface area contributed by atoms with Crippen LogP contribution in [0.2, 0.25) is 5.15 Å². The highest BCUT2D eigenvalue weighted by Crippen LogP contribution is 2.24. The van der Waals surface area contributed by atoms with Crippen LogP contribution in [0.3, 0.4) is 0 Å². The summed E-state index contributed by atoms with van der Waals surface area (Å²) in [6.45, 7) is 7.50. The van der Waals surface area contributed by atoms with E-state index in [9.17, 15) is 9.18 Å². The van der Waals surface area contributed by atoms with Gasteiger partial charge in [0.1, 0.15) is 5.60 Å². The number of piperazine rings is 1. The van der Waals surface area contributed by atoms with Gasteiger partial charge in [-0.25, -0.2) is 14.2 Å². The first-order valence-corrected chi connectivity index (χ1v) is 7.18. The molecule has 0 saturated carbocycles. The molecule has 0 spiro atoms. The van der Waals surface area contributed by atoms with E-state index in [2.05, 4.69) is 4.98 Å². The van der Waals surface area contributed by atoms with E-state index < -0.39 is 11.4 Å². The van der Waals surface area contributed by atoms with Crippen LogP contribution in [0, 0.1) is 5.82 Å². The Morgan fingerprint density at radius 2 is 1.95 bits per heavy atom. The van der Waals surface area contributed by atoms with E-state index in [4.69, 9.17) is 16.3 Å². The molecular weight excluding hydrogens is 297 g/mol. The number of ether oxygens (including phenoxy) is 1. The normalized spacial score (nSPS) is 16.0. The third kappa shape index (κ3) is 3.97. The molecule has 0 aromatic carbocycles. The lowest BCUT2D eigenvalue weighted by Gasteiger charge is -2.36. The minimum Gasteiger partial charge on any atom is -0.444 e. The smallest absolute Gasteiger partial charge is 0.410 e. The highest BCUT2D eigenvalue weighted by molar-refractivity contribution is 6.29. The molecule has 0 unspecified atom stereocenters. The van der Waals surface area contributed by atoms with Crippen LogP contribution in [0.5, 0.6) is 0 Å². The number of hydrogen-bond donors (Lipinski definition) is 0. The van der Waals surface area contributed by atoms with Crippen molar-refractivity contribution in [3.05, 3.63) is 23.2 Å². The fourth-order valence-electron chi connectivity index (χ4n) is 2.11. The van der Waals surface area contributed by atoms with Gasteiger partial charge < -0.3 is 14.5 Å². The second kappa shape index (κ2) is 6.05. The molecule has 1 aromatic heterocycles. The van der Waals surface area contributed by atoms with E-state index in [1.807, 2.05) is 25.7 Å². The molecule has 5 nitrogen and oxygen atoms in total. The van der Waals surface area contributed by atoms with Crippen LogP contribution in [-0.4, -0.2) is 47.8 Å². The largest absolute Gasteiger partial charge is 0.444 e. The van der Waals surface area contributed by atoms with E-state index in [1.165, 1.54) is 6.20 Å². The van der Waals surface area contributed by atoms with Gasteiger partial charge in [-0.2, -0.15) is 0 Å². The Kier molecular flexibility index (Phi) is 4.56. The van der Waals surface area contributed by atoms with Crippen LogP contribution in [-0.2, 0) is 4.74 Å². The van der Waals surface area contributed by atoms with E-state index >= 15 is 0 Å². The SMILES string of the molecule is CC(C)(C)OC(=O)N1CCN(c2ccnc(Cl)c2F)CC1. The maximum Gasteiger partial charge on any atom is 0.410 e. The number of carbonyl (C=O) groups is 1. The summed E-state index contributed by atoms with van der Waals surface area (Å²) in [5.41, 5.74) is -0.0993. The zero-order valence-electron chi connectivity index (χ0n) is 12.4. The van der Waals surface area contributed by atoms with Crippen LogP contribution in [0.4, 0.5) is 14.9 Å². The molecule has 21 heavy (non-hydrogen) atoms. The molecule has 0 radical (unpaired) electrons. The number of hydrogen-bond acceptors (Lipinski definition) is 4. The lowest BCUT2D eigenvalue weighted by Crippen LogP contribution is -2.50. The molecule has 0 aliphatic carbocycles. The standard InChI is InChI=1S/C14H19ClFN3O2/c1-14(2,3)21-13(20)19-8-6-18(7-9-19)10-4-5-17-12(15)11(10)16/h4-5H,6-9H2,1-3H3. The number of pyridine rings is 1. The predicted octanol–water partition coefficient (Wildman–Crippen LogP) is 2.93. The maximum atomic E-state index is 13.9. The van der Waals surface area contributed by atoms with Gasteiger partial charge in [-0.3, -0.25) is 0 Å². The quantitative estimate of drug-likeness (QED) is 0.748. The molecule has 0 N–H and O–H groups in total. The van der Waals surface area contributed by atoms with Crippen molar-refractivity contribution in [3.63, 3.8) is 0 Å². The molecule has 1 amide bonds. The Morgan fingerprint density at radius 3 is 2.52 bits per heavy atom. The van der Waals surface area contributed by atoms with Gasteiger partial charge in [-0.05, 0) is 26.8 Å². The van der Waals surface area contributed by atoms with E-state index in [0.29, 0.717) is 31.9 Å². The first-order valence-electron chi connectivity index (χ1n) is 6.81. The second-order valence-corrected chi connectivity index (χ2v) is 6.25. The van der Waals surface area contributed by atoms with Crippen LogP contribution in [0.15, 0.2) is 12.3 Å². The van der Waals surface area contributed by atoms with Crippen LogP contribution in [0.25, 0.3) is 0 Å². The number of anilines is 1. The molecule has 1 saturated heterocycles. The van der Waals surface area contributed by atoms with Gasteiger partial charge in [0.2, 0.25) is 0 Å². The van der Waals surface area contributed by atoms with Gasteiger partial charge in [-0.1, -0.05) is 11.6 Å². The molecule has 1 fully saturated rings. The molecule has 7 heteroatoms. The summed E-state index contributed by atoms with van der Waals surface area (Å²) in [5, 5.41) is -0.137. The first kappa shape index (κ1) is 15.8. The number of rotatable bonds is 1. The predicted molar refractivity (Wildman–Crippen MR) is 79.2 cm³/mol. The Labute approximate surface area is 128 Å². The summed E-state index contributed by atoms with van der Waals surface area (Å²) < 4.78 is 19.2. The lowest BCUT2D eigenvalue weighted by molar-refractivity contribution is 0.0240. The third-order valence-electron chi connectivity index (χ3n) is 3.10. The summed E-state index contributed by atoms with van der Waals surface area (Å²) in [6, 6.07) is 1.59. The van der Waals surface area contributed by atoms with E-state index in [1.54, 1.807) is 11.0 Å². The summed E-state index contributed by atoms with van der Waals surface area (Å²) in [4.78, 5) is 19.1. The summed E-state index contributed by atoms with van der Waals surface area (Å²) in [5.74, 6) is -0.523. The topological polar surface area (TPSA) is 45.7 Å². The van der Waals surface area contributed by atoms with E-state index in [0.717, 1.165) is 0 Å². The van der Waals surface area contributed by atoms with Crippen molar-refractivity contribution >= 4 is 23.4 Å². The number of nitrogens with zero attached hydrogens (tertiary/aromatic N) is 3. The molecule has 0 atom stereocenters. The average Bonchev–Trinajstić information content (AvgIpc) is 2.40. The Balaban J connectivity index is 1.97. The first-order chi connectivity index (χ1) is 9.78. The number of amides is 1. The molecule has 2 rings (SSSR count). The van der Waals surface area contributed by atoms with Crippen molar-refractivity contribution in [2.24, 2.45) is 0 Å². The maximum absolute atomic E-state index is 13.9. The number of aromatic nitrogens is 1. The highest BCUT2D eigenvalue weighted by atomic mass is 35.5. The Hall–Kier alpha value is -1.56. The second-order valence-electron chi connectivity index (χ2n) is 5.89. The van der Waals surface area contributed by atoms with Crippen molar-refractivity contribution in [1.82, 2.24) is 9.88 Å². The minimum atomic E-state index is -0.523. The van der Waals surface area contributed by atoms with Crippen molar-refractivity contribution < 1.29 is 13.9 Å².